The fourth-order valence-corrected chi connectivity index (χ4v) is 2.66. The summed E-state index contributed by atoms with van der Waals surface area (Å²) in [6.07, 6.45) is 3.56. The molecule has 1 saturated heterocycles. The molecule has 2 rings (SSSR count). The Morgan fingerprint density at radius 2 is 2.12 bits per heavy atom. The summed E-state index contributed by atoms with van der Waals surface area (Å²) in [5.41, 5.74) is 2.89. The van der Waals surface area contributed by atoms with Crippen molar-refractivity contribution in [2.24, 2.45) is 0 Å². The molecule has 0 unspecified atom stereocenters. The average Bonchev–Trinajstić information content (AvgIpc) is 2.37. The number of hydrogen-bond donors (Lipinski definition) is 0. The highest BCUT2D eigenvalue weighted by Gasteiger charge is 2.04. The smallest absolute Gasteiger partial charge is 0.0684 e. The molecular weight excluding hydrogens is 216 g/mol. The molecule has 0 atom stereocenters. The first-order chi connectivity index (χ1) is 7.95. The van der Waals surface area contributed by atoms with Crippen LogP contribution in [0.15, 0.2) is 41.3 Å². The number of hydrogen-bond acceptors (Lipinski definition) is 2. The van der Waals surface area contributed by atoms with Crippen molar-refractivity contribution in [1.29, 1.82) is 0 Å². The Bertz CT molecular complexity index is 324. The van der Waals surface area contributed by atoms with Crippen molar-refractivity contribution < 1.29 is 4.74 Å². The molecule has 1 aromatic rings. The van der Waals surface area contributed by atoms with Crippen LogP contribution in [0.2, 0.25) is 0 Å². The molecule has 1 heterocycles. The van der Waals surface area contributed by atoms with E-state index in [-0.39, 0.29) is 0 Å². The van der Waals surface area contributed by atoms with Crippen LogP contribution in [-0.2, 0) is 11.2 Å². The average molecular weight is 234 g/mol. The van der Waals surface area contributed by atoms with Gasteiger partial charge in [0, 0.05) is 12.4 Å². The van der Waals surface area contributed by atoms with Crippen LogP contribution in [0.25, 0.3) is 0 Å². The maximum absolute atomic E-state index is 5.42. The Kier molecular flexibility index (Phi) is 4.97. The third-order valence-corrected chi connectivity index (χ3v) is 3.62. The van der Waals surface area contributed by atoms with Crippen molar-refractivity contribution in [3.8, 4) is 0 Å². The molecule has 0 radical (unpaired) electrons. The van der Waals surface area contributed by atoms with Crippen molar-refractivity contribution in [3.63, 3.8) is 0 Å². The fraction of sp³-hybridized carbons (Fsp3) is 0.429. The maximum atomic E-state index is 5.42. The Labute approximate surface area is 102 Å². The molecule has 2 heteroatoms. The predicted octanol–water partition coefficient (Wildman–Crippen LogP) is 3.66. The van der Waals surface area contributed by atoms with E-state index in [1.807, 2.05) is 11.8 Å². The Balaban J connectivity index is 1.68. The lowest BCUT2D eigenvalue weighted by Gasteiger charge is -2.14. The van der Waals surface area contributed by atoms with E-state index in [2.05, 4.69) is 35.7 Å². The summed E-state index contributed by atoms with van der Waals surface area (Å²) in [7, 11) is 0. The van der Waals surface area contributed by atoms with Crippen molar-refractivity contribution in [3.05, 3.63) is 46.9 Å². The second-order valence-electron chi connectivity index (χ2n) is 4.04. The van der Waals surface area contributed by atoms with Crippen molar-refractivity contribution in [2.45, 2.75) is 19.3 Å². The summed E-state index contributed by atoms with van der Waals surface area (Å²) < 4.78 is 5.42. The van der Waals surface area contributed by atoms with Crippen LogP contribution >= 0.6 is 11.8 Å². The second kappa shape index (κ2) is 6.77. The molecule has 0 bridgehead atoms. The van der Waals surface area contributed by atoms with Crippen LogP contribution in [-0.4, -0.2) is 19.0 Å². The van der Waals surface area contributed by atoms with Gasteiger partial charge in [0.25, 0.3) is 0 Å². The van der Waals surface area contributed by atoms with E-state index in [9.17, 15) is 0 Å². The third kappa shape index (κ3) is 4.03. The number of benzene rings is 1. The van der Waals surface area contributed by atoms with Crippen LogP contribution in [0.1, 0.15) is 18.4 Å². The van der Waals surface area contributed by atoms with E-state index < -0.39 is 0 Å². The molecule has 0 N–H and O–H groups in total. The zero-order valence-electron chi connectivity index (χ0n) is 9.52. The Hall–Kier alpha value is -0.730. The van der Waals surface area contributed by atoms with Gasteiger partial charge in [-0.3, -0.25) is 0 Å². The highest BCUT2D eigenvalue weighted by atomic mass is 32.2. The van der Waals surface area contributed by atoms with E-state index >= 15 is 0 Å². The van der Waals surface area contributed by atoms with Gasteiger partial charge < -0.3 is 4.74 Å². The summed E-state index contributed by atoms with van der Waals surface area (Å²) in [5, 5.41) is 2.29. The SMILES string of the molecule is C(/SCCc1ccccc1)=C1/CCCOC1. The predicted molar refractivity (Wildman–Crippen MR) is 70.7 cm³/mol. The van der Waals surface area contributed by atoms with E-state index in [0.717, 1.165) is 25.4 Å². The van der Waals surface area contributed by atoms with Gasteiger partial charge in [0.2, 0.25) is 0 Å². The van der Waals surface area contributed by atoms with Crippen molar-refractivity contribution >= 4 is 11.8 Å². The van der Waals surface area contributed by atoms with Gasteiger partial charge in [-0.25, -0.2) is 0 Å². The Morgan fingerprint density at radius 1 is 1.25 bits per heavy atom. The molecule has 0 amide bonds. The van der Waals surface area contributed by atoms with Crippen molar-refractivity contribution in [2.75, 3.05) is 19.0 Å². The normalized spacial score (nSPS) is 18.9. The lowest BCUT2D eigenvalue weighted by molar-refractivity contribution is 0.130. The molecule has 0 spiro atoms. The molecule has 16 heavy (non-hydrogen) atoms. The topological polar surface area (TPSA) is 9.23 Å². The molecular formula is C14H18OS. The van der Waals surface area contributed by atoms with Gasteiger partial charge in [0.15, 0.2) is 0 Å². The third-order valence-electron chi connectivity index (χ3n) is 2.68. The zero-order valence-corrected chi connectivity index (χ0v) is 10.3. The lowest BCUT2D eigenvalue weighted by atomic mass is 10.1. The van der Waals surface area contributed by atoms with E-state index in [4.69, 9.17) is 4.74 Å². The van der Waals surface area contributed by atoms with Gasteiger partial charge >= 0.3 is 0 Å². The largest absolute Gasteiger partial charge is 0.377 e. The van der Waals surface area contributed by atoms with Gasteiger partial charge in [-0.05, 0) is 35.8 Å². The monoisotopic (exact) mass is 234 g/mol. The minimum Gasteiger partial charge on any atom is -0.377 e. The summed E-state index contributed by atoms with van der Waals surface area (Å²) in [6.45, 7) is 1.78. The number of rotatable bonds is 4. The molecule has 0 saturated carbocycles. The molecule has 1 nitrogen and oxygen atoms in total. The molecule has 0 aromatic heterocycles. The molecule has 0 aliphatic carbocycles. The highest BCUT2D eigenvalue weighted by molar-refractivity contribution is 8.02. The zero-order chi connectivity index (χ0) is 11.1. The van der Waals surface area contributed by atoms with Gasteiger partial charge in [-0.2, -0.15) is 0 Å². The minimum atomic E-state index is 0.846. The molecule has 1 aliphatic rings. The first kappa shape index (κ1) is 11.7. The quantitative estimate of drug-likeness (QED) is 0.735. The van der Waals surface area contributed by atoms with Crippen LogP contribution in [0, 0.1) is 0 Å². The second-order valence-corrected chi connectivity index (χ2v) is 5.02. The van der Waals surface area contributed by atoms with E-state index in [1.54, 1.807) is 0 Å². The van der Waals surface area contributed by atoms with Crippen LogP contribution < -0.4 is 0 Å². The Morgan fingerprint density at radius 3 is 2.88 bits per heavy atom. The van der Waals surface area contributed by atoms with Gasteiger partial charge in [0.1, 0.15) is 0 Å². The van der Waals surface area contributed by atoms with Gasteiger partial charge in [-0.15, -0.1) is 11.8 Å². The van der Waals surface area contributed by atoms with Crippen LogP contribution in [0.5, 0.6) is 0 Å². The van der Waals surface area contributed by atoms with E-state index in [1.165, 1.54) is 24.0 Å². The summed E-state index contributed by atoms with van der Waals surface area (Å²) >= 11 is 1.91. The number of thioether (sulfide) groups is 1. The summed E-state index contributed by atoms with van der Waals surface area (Å²) in [5.74, 6) is 1.16. The van der Waals surface area contributed by atoms with E-state index in [0.29, 0.717) is 0 Å². The molecule has 1 fully saturated rings. The van der Waals surface area contributed by atoms with Crippen molar-refractivity contribution in [1.82, 2.24) is 0 Å². The number of aryl methyl sites for hydroxylation is 1. The fourth-order valence-electron chi connectivity index (χ4n) is 1.77. The maximum Gasteiger partial charge on any atom is 0.0684 e. The molecule has 86 valence electrons. The first-order valence-corrected chi connectivity index (χ1v) is 6.91. The highest BCUT2D eigenvalue weighted by Crippen LogP contribution is 2.17. The molecule has 1 aliphatic heterocycles. The summed E-state index contributed by atoms with van der Waals surface area (Å²) in [6, 6.07) is 10.7. The minimum absolute atomic E-state index is 0.846. The standard InChI is InChI=1S/C14H18OS/c1-2-5-13(6-3-1)8-10-16-12-14-7-4-9-15-11-14/h1-3,5-6,12H,4,7-11H2/b14-12+. The lowest BCUT2D eigenvalue weighted by Crippen LogP contribution is -2.07. The van der Waals surface area contributed by atoms with Gasteiger partial charge in [0.05, 0.1) is 6.61 Å². The van der Waals surface area contributed by atoms with Crippen LogP contribution in [0.3, 0.4) is 0 Å². The number of ether oxygens (including phenoxy) is 1. The molecule has 1 aromatic carbocycles. The summed E-state index contributed by atoms with van der Waals surface area (Å²) in [4.78, 5) is 0. The first-order valence-electron chi connectivity index (χ1n) is 5.86. The van der Waals surface area contributed by atoms with Gasteiger partial charge in [-0.1, -0.05) is 30.3 Å². The van der Waals surface area contributed by atoms with Crippen LogP contribution in [0.4, 0.5) is 0 Å².